The van der Waals surface area contributed by atoms with Gasteiger partial charge in [-0.15, -0.1) is 0 Å². The van der Waals surface area contributed by atoms with Gasteiger partial charge in [-0.1, -0.05) is 48.0 Å². The highest BCUT2D eigenvalue weighted by Gasteiger charge is 2.30. The van der Waals surface area contributed by atoms with Gasteiger partial charge in [0.05, 0.1) is 11.3 Å². The number of halogens is 1. The lowest BCUT2D eigenvalue weighted by Gasteiger charge is -2.25. The largest absolute Gasteiger partial charge is 0.454 e. The van der Waals surface area contributed by atoms with E-state index in [1.165, 1.54) is 0 Å². The normalized spacial score (nSPS) is 14.5. The molecule has 208 valence electrons. The fourth-order valence-electron chi connectivity index (χ4n) is 5.22. The molecule has 0 fully saturated rings. The number of hydrogen-bond donors (Lipinski definition) is 1. The van der Waals surface area contributed by atoms with E-state index in [-0.39, 0.29) is 11.8 Å². The van der Waals surface area contributed by atoms with E-state index >= 15 is 0 Å². The number of hydrogen-bond acceptors (Lipinski definition) is 4. The summed E-state index contributed by atoms with van der Waals surface area (Å²) in [5.41, 5.74) is 6.07. The van der Waals surface area contributed by atoms with Gasteiger partial charge in [-0.2, -0.15) is 0 Å². The molecule has 1 heterocycles. The molecule has 2 amide bonds. The van der Waals surface area contributed by atoms with Crippen LogP contribution in [0.1, 0.15) is 72.3 Å². The first-order valence-electron chi connectivity index (χ1n) is 13.6. The second kappa shape index (κ2) is 12.0. The van der Waals surface area contributed by atoms with Gasteiger partial charge in [-0.3, -0.25) is 9.59 Å². The number of fused-ring (bicyclic) bond motifs is 1. The number of aryl methyl sites for hydroxylation is 3. The van der Waals surface area contributed by atoms with E-state index in [2.05, 4.69) is 5.32 Å². The van der Waals surface area contributed by atoms with Crippen LogP contribution < -0.4 is 10.2 Å². The summed E-state index contributed by atoms with van der Waals surface area (Å²) in [6.45, 7) is 6.07. The van der Waals surface area contributed by atoms with Crippen molar-refractivity contribution >= 4 is 40.8 Å². The maximum absolute atomic E-state index is 13.9. The van der Waals surface area contributed by atoms with E-state index in [4.69, 9.17) is 16.3 Å². The average molecular weight is 567 g/mol. The maximum atomic E-state index is 13.9. The highest BCUT2D eigenvalue weighted by Crippen LogP contribution is 2.38. The average Bonchev–Trinajstić information content (AvgIpc) is 3.12. The summed E-state index contributed by atoms with van der Waals surface area (Å²) in [5.74, 6) is -0.780. The first kappa shape index (κ1) is 28.1. The number of benzene rings is 4. The fourth-order valence-corrected chi connectivity index (χ4v) is 5.40. The third-order valence-corrected chi connectivity index (χ3v) is 7.67. The molecule has 4 aromatic carbocycles. The van der Waals surface area contributed by atoms with Gasteiger partial charge in [-0.25, -0.2) is 4.79 Å². The molecule has 1 N–H and O–H groups in total. The van der Waals surface area contributed by atoms with E-state index in [0.717, 1.165) is 16.7 Å². The molecule has 7 heteroatoms. The van der Waals surface area contributed by atoms with Crippen LogP contribution in [0.3, 0.4) is 0 Å². The van der Waals surface area contributed by atoms with Gasteiger partial charge in [0.15, 0.2) is 0 Å². The quantitative estimate of drug-likeness (QED) is 0.249. The van der Waals surface area contributed by atoms with Crippen LogP contribution in [0.5, 0.6) is 0 Å². The summed E-state index contributed by atoms with van der Waals surface area (Å²) in [6, 6.07) is 25.3. The summed E-state index contributed by atoms with van der Waals surface area (Å²) < 4.78 is 6.00. The van der Waals surface area contributed by atoms with Gasteiger partial charge in [0, 0.05) is 33.9 Å². The Balaban J connectivity index is 1.40. The van der Waals surface area contributed by atoms with E-state index in [9.17, 15) is 14.4 Å². The molecule has 1 aliphatic heterocycles. The highest BCUT2D eigenvalue weighted by molar-refractivity contribution is 6.30. The van der Waals surface area contributed by atoms with Crippen molar-refractivity contribution in [2.24, 2.45) is 0 Å². The van der Waals surface area contributed by atoms with Crippen molar-refractivity contribution in [3.63, 3.8) is 0 Å². The molecule has 0 radical (unpaired) electrons. The van der Waals surface area contributed by atoms with Crippen molar-refractivity contribution in [3.8, 4) is 0 Å². The second-order valence-corrected chi connectivity index (χ2v) is 10.7. The lowest BCUT2D eigenvalue weighted by Crippen LogP contribution is -2.32. The Labute approximate surface area is 244 Å². The molecular weight excluding hydrogens is 536 g/mol. The van der Waals surface area contributed by atoms with Crippen LogP contribution >= 0.6 is 11.6 Å². The molecular formula is C34H31ClN2O4. The number of rotatable bonds is 5. The minimum absolute atomic E-state index is 0.172. The summed E-state index contributed by atoms with van der Waals surface area (Å²) in [6.07, 6.45) is 0.638. The predicted molar refractivity (Wildman–Crippen MR) is 162 cm³/mol. The van der Waals surface area contributed by atoms with Gasteiger partial charge in [-0.05, 0) is 98.8 Å². The minimum Gasteiger partial charge on any atom is -0.454 e. The zero-order valence-electron chi connectivity index (χ0n) is 23.2. The van der Waals surface area contributed by atoms with Crippen LogP contribution in [0.2, 0.25) is 5.02 Å². The molecule has 1 aliphatic rings. The molecule has 6 nitrogen and oxygen atoms in total. The fraction of sp³-hybridized carbons (Fsp3) is 0.206. The summed E-state index contributed by atoms with van der Waals surface area (Å²) >= 11 is 6.38. The molecule has 0 saturated heterocycles. The van der Waals surface area contributed by atoms with Crippen molar-refractivity contribution in [3.05, 3.63) is 129 Å². The van der Waals surface area contributed by atoms with E-state index in [1.54, 1.807) is 47.4 Å². The molecule has 1 unspecified atom stereocenters. The molecule has 0 spiro atoms. The molecule has 1 atom stereocenters. The van der Waals surface area contributed by atoms with Gasteiger partial charge in [0.2, 0.25) is 0 Å². The molecule has 0 bridgehead atoms. The van der Waals surface area contributed by atoms with Crippen LogP contribution in [0.25, 0.3) is 0 Å². The molecule has 41 heavy (non-hydrogen) atoms. The number of amides is 2. The maximum Gasteiger partial charge on any atom is 0.339 e. The molecule has 0 aliphatic carbocycles. The molecule has 0 saturated carbocycles. The van der Waals surface area contributed by atoms with Crippen molar-refractivity contribution < 1.29 is 19.1 Å². The van der Waals surface area contributed by atoms with Crippen molar-refractivity contribution in [1.82, 2.24) is 0 Å². The van der Waals surface area contributed by atoms with Gasteiger partial charge < -0.3 is 15.0 Å². The van der Waals surface area contributed by atoms with Crippen LogP contribution in [-0.4, -0.2) is 24.3 Å². The number of nitrogens with one attached hydrogen (secondary N) is 1. The topological polar surface area (TPSA) is 75.7 Å². The Kier molecular flexibility index (Phi) is 8.22. The van der Waals surface area contributed by atoms with E-state index in [1.807, 2.05) is 63.2 Å². The second-order valence-electron chi connectivity index (χ2n) is 10.3. The van der Waals surface area contributed by atoms with Crippen molar-refractivity contribution in [2.45, 2.75) is 39.7 Å². The van der Waals surface area contributed by atoms with E-state index in [0.29, 0.717) is 58.0 Å². The number of esters is 1. The zero-order chi connectivity index (χ0) is 29.1. The Morgan fingerprint density at radius 2 is 1.49 bits per heavy atom. The Hall–Kier alpha value is -4.42. The third-order valence-electron chi connectivity index (χ3n) is 7.44. The number of ether oxygens (including phenoxy) is 1. The van der Waals surface area contributed by atoms with Crippen molar-refractivity contribution in [1.29, 1.82) is 0 Å². The summed E-state index contributed by atoms with van der Waals surface area (Å²) in [7, 11) is 0. The van der Waals surface area contributed by atoms with Gasteiger partial charge >= 0.3 is 5.97 Å². The number of nitrogens with zero attached hydrogens (tertiary/aromatic N) is 1. The Bertz CT molecular complexity index is 1650. The lowest BCUT2D eigenvalue weighted by atomic mass is 10.0. The lowest BCUT2D eigenvalue weighted by molar-refractivity contribution is 0.0278. The van der Waals surface area contributed by atoms with Crippen LogP contribution in [-0.2, 0) is 4.74 Å². The first-order valence-corrected chi connectivity index (χ1v) is 14.0. The highest BCUT2D eigenvalue weighted by atomic mass is 35.5. The SMILES string of the molecule is Cc1ccccc1C(=O)Nc1ccc(C(=O)N2CCCC(OC(=O)c3ccccc3C)c3cc(Cl)ccc32)c(C)c1. The smallest absolute Gasteiger partial charge is 0.339 e. The van der Waals surface area contributed by atoms with Crippen LogP contribution in [0.15, 0.2) is 84.9 Å². The number of carbonyl (C=O) groups excluding carboxylic acids is 3. The Morgan fingerprint density at radius 3 is 2.17 bits per heavy atom. The summed E-state index contributed by atoms with van der Waals surface area (Å²) in [5, 5.41) is 3.43. The zero-order valence-corrected chi connectivity index (χ0v) is 24.0. The molecule has 4 aromatic rings. The predicted octanol–water partition coefficient (Wildman–Crippen LogP) is 7.86. The van der Waals surface area contributed by atoms with Gasteiger partial charge in [0.25, 0.3) is 11.8 Å². The van der Waals surface area contributed by atoms with Crippen molar-refractivity contribution in [2.75, 3.05) is 16.8 Å². The monoisotopic (exact) mass is 566 g/mol. The van der Waals surface area contributed by atoms with E-state index < -0.39 is 12.1 Å². The standard InChI is InChI=1S/C34H31ClN2O4/c1-21-9-4-6-11-26(21)32(38)36-25-15-16-27(23(3)19-25)33(39)37-18-8-13-31(29-20-24(35)14-17-30(29)37)41-34(40)28-12-7-5-10-22(28)2/h4-7,9-12,14-17,19-20,31H,8,13,18H2,1-3H3,(H,36,38). The number of anilines is 2. The van der Waals surface area contributed by atoms with Crippen LogP contribution in [0.4, 0.5) is 11.4 Å². The third kappa shape index (κ3) is 6.03. The van der Waals surface area contributed by atoms with Gasteiger partial charge in [0.1, 0.15) is 6.10 Å². The molecule has 0 aromatic heterocycles. The minimum atomic E-state index is -0.547. The van der Waals surface area contributed by atoms with Crippen LogP contribution in [0, 0.1) is 20.8 Å². The number of carbonyl (C=O) groups is 3. The molecule has 5 rings (SSSR count). The Morgan fingerprint density at radius 1 is 0.805 bits per heavy atom. The summed E-state index contributed by atoms with van der Waals surface area (Å²) in [4.78, 5) is 41.5. The first-order chi connectivity index (χ1) is 19.7.